The monoisotopic (exact) mass is 142 g/mol. The molecule has 1 heterocycles. The molecule has 0 atom stereocenters. The first-order chi connectivity index (χ1) is 4.56. The molecular formula is C7H14N2O. The highest BCUT2D eigenvalue weighted by molar-refractivity contribution is 5.83. The van der Waals surface area contributed by atoms with Gasteiger partial charge >= 0.3 is 0 Å². The molecule has 1 fully saturated rings. The number of hydrogen-bond acceptors (Lipinski definition) is 2. The van der Waals surface area contributed by atoms with Crippen LogP contribution in [0.5, 0.6) is 0 Å². The summed E-state index contributed by atoms with van der Waals surface area (Å²) in [4.78, 5) is 13.0. The van der Waals surface area contributed by atoms with Crippen molar-refractivity contribution in [2.45, 2.75) is 6.92 Å². The van der Waals surface area contributed by atoms with Gasteiger partial charge in [-0.2, -0.15) is 0 Å². The van der Waals surface area contributed by atoms with Gasteiger partial charge in [0.1, 0.15) is 0 Å². The normalized spacial score (nSPS) is 21.5. The van der Waals surface area contributed by atoms with Crippen molar-refractivity contribution >= 4 is 5.91 Å². The molecule has 1 rings (SSSR count). The number of hydrogen-bond donors (Lipinski definition) is 1. The highest BCUT2D eigenvalue weighted by atomic mass is 16.2. The lowest BCUT2D eigenvalue weighted by atomic mass is 9.83. The van der Waals surface area contributed by atoms with Crippen molar-refractivity contribution in [3.63, 3.8) is 0 Å². The zero-order valence-electron chi connectivity index (χ0n) is 6.77. The Bertz CT molecular complexity index is 150. The van der Waals surface area contributed by atoms with Crippen molar-refractivity contribution in [1.29, 1.82) is 0 Å². The topological polar surface area (TPSA) is 32.3 Å². The fourth-order valence-corrected chi connectivity index (χ4v) is 1.19. The molecule has 1 amide bonds. The van der Waals surface area contributed by atoms with E-state index in [1.807, 2.05) is 6.92 Å². The van der Waals surface area contributed by atoms with Gasteiger partial charge in [0.2, 0.25) is 5.91 Å². The Hall–Kier alpha value is -0.570. The molecule has 1 N–H and O–H groups in total. The van der Waals surface area contributed by atoms with E-state index in [2.05, 4.69) is 5.32 Å². The molecule has 58 valence electrons. The summed E-state index contributed by atoms with van der Waals surface area (Å²) in [5, 5.41) is 3.09. The van der Waals surface area contributed by atoms with Gasteiger partial charge in [0.25, 0.3) is 0 Å². The van der Waals surface area contributed by atoms with E-state index < -0.39 is 0 Å². The van der Waals surface area contributed by atoms with Crippen molar-refractivity contribution < 1.29 is 4.79 Å². The maximum Gasteiger partial charge on any atom is 0.230 e. The molecule has 3 heteroatoms. The second kappa shape index (κ2) is 2.23. The van der Waals surface area contributed by atoms with E-state index in [0.717, 1.165) is 13.1 Å². The van der Waals surface area contributed by atoms with E-state index in [9.17, 15) is 4.79 Å². The summed E-state index contributed by atoms with van der Waals surface area (Å²) in [6.07, 6.45) is 0. The van der Waals surface area contributed by atoms with Crippen LogP contribution in [0.3, 0.4) is 0 Å². The maximum absolute atomic E-state index is 11.3. The molecule has 0 unspecified atom stereocenters. The van der Waals surface area contributed by atoms with Crippen LogP contribution in [0.1, 0.15) is 6.92 Å². The summed E-state index contributed by atoms with van der Waals surface area (Å²) >= 11 is 0. The van der Waals surface area contributed by atoms with Gasteiger partial charge < -0.3 is 10.2 Å². The van der Waals surface area contributed by atoms with Gasteiger partial charge in [0, 0.05) is 27.2 Å². The van der Waals surface area contributed by atoms with Crippen molar-refractivity contribution in [1.82, 2.24) is 10.2 Å². The molecule has 0 aromatic carbocycles. The average molecular weight is 142 g/mol. The SMILES string of the molecule is CN(C)C(=O)C1(C)CNC1. The smallest absolute Gasteiger partial charge is 0.230 e. The lowest BCUT2D eigenvalue weighted by Gasteiger charge is -2.39. The van der Waals surface area contributed by atoms with E-state index in [0.29, 0.717) is 0 Å². The molecule has 0 saturated carbocycles. The Morgan fingerprint density at radius 1 is 1.50 bits per heavy atom. The minimum Gasteiger partial charge on any atom is -0.348 e. The summed E-state index contributed by atoms with van der Waals surface area (Å²) in [6.45, 7) is 3.64. The Morgan fingerprint density at radius 3 is 2.10 bits per heavy atom. The Morgan fingerprint density at radius 2 is 2.00 bits per heavy atom. The van der Waals surface area contributed by atoms with E-state index in [1.165, 1.54) is 0 Å². The zero-order valence-corrected chi connectivity index (χ0v) is 6.77. The van der Waals surface area contributed by atoms with E-state index in [-0.39, 0.29) is 11.3 Å². The highest BCUT2D eigenvalue weighted by Crippen LogP contribution is 2.22. The van der Waals surface area contributed by atoms with Gasteiger partial charge in [0.05, 0.1) is 5.41 Å². The fraction of sp³-hybridized carbons (Fsp3) is 0.857. The molecule has 0 spiro atoms. The van der Waals surface area contributed by atoms with Gasteiger partial charge in [-0.15, -0.1) is 0 Å². The molecule has 1 aliphatic heterocycles. The van der Waals surface area contributed by atoms with Crippen molar-refractivity contribution in [3.8, 4) is 0 Å². The van der Waals surface area contributed by atoms with Crippen LogP contribution in [0.25, 0.3) is 0 Å². The molecule has 1 aliphatic rings. The lowest BCUT2D eigenvalue weighted by molar-refractivity contribution is -0.141. The molecule has 0 bridgehead atoms. The molecular weight excluding hydrogens is 128 g/mol. The third-order valence-electron chi connectivity index (χ3n) is 1.95. The van der Waals surface area contributed by atoms with Crippen molar-refractivity contribution in [3.05, 3.63) is 0 Å². The van der Waals surface area contributed by atoms with Crippen LogP contribution in [-0.4, -0.2) is 38.0 Å². The average Bonchev–Trinajstić information content (AvgIpc) is 1.81. The summed E-state index contributed by atoms with van der Waals surface area (Å²) in [6, 6.07) is 0. The number of rotatable bonds is 1. The third kappa shape index (κ3) is 1.01. The first-order valence-electron chi connectivity index (χ1n) is 3.49. The maximum atomic E-state index is 11.3. The number of amides is 1. The summed E-state index contributed by atoms with van der Waals surface area (Å²) in [5.41, 5.74) is -0.122. The van der Waals surface area contributed by atoms with Gasteiger partial charge in [-0.1, -0.05) is 0 Å². The minimum absolute atomic E-state index is 0.122. The lowest BCUT2D eigenvalue weighted by Crippen LogP contribution is -2.59. The van der Waals surface area contributed by atoms with Crippen LogP contribution in [0.4, 0.5) is 0 Å². The standard InChI is InChI=1S/C7H14N2O/c1-7(4-8-5-7)6(10)9(2)3/h8H,4-5H2,1-3H3. The Kier molecular flexibility index (Phi) is 1.68. The summed E-state index contributed by atoms with van der Waals surface area (Å²) in [5.74, 6) is 0.228. The van der Waals surface area contributed by atoms with Crippen LogP contribution < -0.4 is 5.32 Å². The van der Waals surface area contributed by atoms with Crippen LogP contribution in [0, 0.1) is 5.41 Å². The van der Waals surface area contributed by atoms with Crippen LogP contribution in [-0.2, 0) is 4.79 Å². The Labute approximate surface area is 61.4 Å². The van der Waals surface area contributed by atoms with Crippen LogP contribution in [0.15, 0.2) is 0 Å². The molecule has 1 saturated heterocycles. The van der Waals surface area contributed by atoms with E-state index >= 15 is 0 Å². The van der Waals surface area contributed by atoms with Gasteiger partial charge in [-0.05, 0) is 6.92 Å². The molecule has 0 aromatic heterocycles. The predicted octanol–water partition coefficient (Wildman–Crippen LogP) is -0.316. The Balaban J connectivity index is 2.55. The predicted molar refractivity (Wildman–Crippen MR) is 39.7 cm³/mol. The number of nitrogens with zero attached hydrogens (tertiary/aromatic N) is 1. The van der Waals surface area contributed by atoms with Crippen molar-refractivity contribution in [2.75, 3.05) is 27.2 Å². The molecule has 0 aromatic rings. The molecule has 0 radical (unpaired) electrons. The first-order valence-corrected chi connectivity index (χ1v) is 3.49. The zero-order chi connectivity index (χ0) is 7.78. The molecule has 0 aliphatic carbocycles. The number of nitrogens with one attached hydrogen (secondary N) is 1. The highest BCUT2D eigenvalue weighted by Gasteiger charge is 2.40. The quantitative estimate of drug-likeness (QED) is 0.544. The number of carbonyl (C=O) groups excluding carboxylic acids is 1. The third-order valence-corrected chi connectivity index (χ3v) is 1.95. The second-order valence-electron chi connectivity index (χ2n) is 3.36. The summed E-state index contributed by atoms with van der Waals surface area (Å²) < 4.78 is 0. The number of carbonyl (C=O) groups is 1. The van der Waals surface area contributed by atoms with Crippen LogP contribution >= 0.6 is 0 Å². The van der Waals surface area contributed by atoms with E-state index in [4.69, 9.17) is 0 Å². The second-order valence-corrected chi connectivity index (χ2v) is 3.36. The van der Waals surface area contributed by atoms with Crippen LogP contribution in [0.2, 0.25) is 0 Å². The van der Waals surface area contributed by atoms with E-state index in [1.54, 1.807) is 19.0 Å². The van der Waals surface area contributed by atoms with Gasteiger partial charge in [-0.3, -0.25) is 4.79 Å². The largest absolute Gasteiger partial charge is 0.348 e. The first kappa shape index (κ1) is 7.54. The van der Waals surface area contributed by atoms with Crippen molar-refractivity contribution in [2.24, 2.45) is 5.41 Å². The van der Waals surface area contributed by atoms with Gasteiger partial charge in [0.15, 0.2) is 0 Å². The summed E-state index contributed by atoms with van der Waals surface area (Å²) in [7, 11) is 3.60. The van der Waals surface area contributed by atoms with Gasteiger partial charge in [-0.25, -0.2) is 0 Å². The minimum atomic E-state index is -0.122. The molecule has 3 nitrogen and oxygen atoms in total. The fourth-order valence-electron chi connectivity index (χ4n) is 1.19. The molecule has 10 heavy (non-hydrogen) atoms.